The summed E-state index contributed by atoms with van der Waals surface area (Å²) in [5.74, 6) is 1.87. The highest BCUT2D eigenvalue weighted by atomic mass is 32.1. The summed E-state index contributed by atoms with van der Waals surface area (Å²) < 4.78 is 164. The van der Waals surface area contributed by atoms with Crippen molar-refractivity contribution in [3.63, 3.8) is 0 Å². The number of unbranched alkanes of at least 4 members (excludes halogenated alkanes) is 7. The number of pyridine rings is 4. The van der Waals surface area contributed by atoms with Crippen LogP contribution in [0.1, 0.15) is 208 Å². The number of aryl methyl sites for hydroxylation is 2. The van der Waals surface area contributed by atoms with Gasteiger partial charge in [0.1, 0.15) is 34.1 Å². The van der Waals surface area contributed by atoms with Gasteiger partial charge in [0, 0.05) is 67.7 Å². The maximum absolute atomic E-state index is 13.1. The van der Waals surface area contributed by atoms with Crippen LogP contribution in [0.2, 0.25) is 0 Å². The first-order valence-corrected chi connectivity index (χ1v) is 47.4. The molecule has 1 aliphatic rings. The third-order valence-corrected chi connectivity index (χ3v) is 27.1. The number of para-hydroxylation sites is 1. The number of hydrogen-bond acceptors (Lipinski definition) is 10. The molecule has 0 fully saturated rings. The fourth-order valence-electron chi connectivity index (χ4n) is 18.6. The summed E-state index contributed by atoms with van der Waals surface area (Å²) >= 11 is 1.72. The van der Waals surface area contributed by atoms with Gasteiger partial charge in [-0.05, 0) is 246 Å². The molecule has 0 bridgehead atoms. The number of alkyl halides is 12. The predicted octanol–water partition coefficient (Wildman–Crippen LogP) is 31.7. The van der Waals surface area contributed by atoms with E-state index in [1.807, 2.05) is 66.7 Å². The molecule has 2 atom stereocenters. The monoisotopic (exact) mass is 1870 g/mol. The van der Waals surface area contributed by atoms with E-state index in [2.05, 4.69) is 225 Å². The van der Waals surface area contributed by atoms with Gasteiger partial charge in [-0.2, -0.15) is 52.7 Å². The third kappa shape index (κ3) is 21.1. The molecule has 702 valence electrons. The minimum Gasteiger partial charge on any atom is -0.573 e. The Labute approximate surface area is 785 Å². The number of nitrogens with zero attached hydrogens (tertiary/aromatic N) is 12. The van der Waals surface area contributed by atoms with E-state index < -0.39 is 47.5 Å². The van der Waals surface area contributed by atoms with Crippen molar-refractivity contribution in [3.8, 4) is 101 Å². The van der Waals surface area contributed by atoms with Crippen molar-refractivity contribution in [2.75, 3.05) is 0 Å². The molecule has 10 heterocycles. The van der Waals surface area contributed by atoms with Crippen LogP contribution in [0.15, 0.2) is 235 Å². The lowest BCUT2D eigenvalue weighted by Crippen LogP contribution is -2.15. The number of halogens is 12. The molecule has 1 aliphatic carbocycles. The van der Waals surface area contributed by atoms with Crippen LogP contribution < -0.4 is 20.4 Å². The molecule has 26 heteroatoms. The van der Waals surface area contributed by atoms with E-state index in [4.69, 9.17) is 4.42 Å². The standard InChI is InChI=1S/C31H25F3N3.C29H27F3N3.C25H25F3N3O.C25H25F3N3S/c1-2-3-4-5-7-21-16-22-11-10-19-8-6-9-20-12-13-24(30(22)29(19)20)28(21)23-14-15-35-25(17-23)26-18-27(37-36-26)31(32,33)34;1-4-5-6-9-18-14-22-20-10-7-8-11-23(20)28(2,3)24(22)16-21(18)19-12-13-33-25(15-19)26-17-27(35-34-26)29(30,31)32;2*1-3-5-8-16(4-2)13-19-18-9-6-7-10-22(18)32-24(19)17-11-12-29-20(14-17)21-15-23(31-30-21)25(26,27)28/h6,8-18H,2-5,7H2,1H3;7-8,10-17H,4-6,9H2,1-3H3;2*6-7,9-12,14-16H,3-5,8,13H2,1-2H3/q4*-1. The lowest BCUT2D eigenvalue weighted by atomic mass is 9.80. The minimum atomic E-state index is -4.54. The maximum Gasteiger partial charge on any atom is 0.431 e. The zero-order valence-electron chi connectivity index (χ0n) is 76.7. The number of rotatable bonds is 29. The van der Waals surface area contributed by atoms with Crippen molar-refractivity contribution < 1.29 is 57.1 Å². The summed E-state index contributed by atoms with van der Waals surface area (Å²) in [6.45, 7) is 17.7. The normalized spacial score (nSPS) is 13.1. The molecule has 2 unspecified atom stereocenters. The Morgan fingerprint density at radius 2 is 0.816 bits per heavy atom. The van der Waals surface area contributed by atoms with Crippen molar-refractivity contribution in [2.24, 2.45) is 11.8 Å². The Bertz CT molecular complexity index is 6960. The van der Waals surface area contributed by atoms with Crippen LogP contribution in [0.25, 0.3) is 154 Å². The first-order chi connectivity index (χ1) is 65.4. The smallest absolute Gasteiger partial charge is 0.431 e. The Morgan fingerprint density at radius 1 is 0.360 bits per heavy atom. The van der Waals surface area contributed by atoms with Crippen LogP contribution in [0, 0.1) is 11.8 Å². The van der Waals surface area contributed by atoms with Crippen molar-refractivity contribution in [2.45, 2.75) is 208 Å². The largest absolute Gasteiger partial charge is 0.573 e. The van der Waals surface area contributed by atoms with Crippen LogP contribution >= 0.6 is 11.3 Å². The summed E-state index contributed by atoms with van der Waals surface area (Å²) in [6.07, 6.45) is 9.31. The van der Waals surface area contributed by atoms with E-state index in [1.54, 1.807) is 42.2 Å². The van der Waals surface area contributed by atoms with Gasteiger partial charge in [0.25, 0.3) is 0 Å². The highest BCUT2D eigenvalue weighted by Crippen LogP contribution is 2.52. The summed E-state index contributed by atoms with van der Waals surface area (Å²) in [5, 5.41) is 37.6. The molecule has 136 heavy (non-hydrogen) atoms. The first kappa shape index (κ1) is 96.0. The van der Waals surface area contributed by atoms with Crippen LogP contribution in [0.4, 0.5) is 52.7 Å². The molecular weight excluding hydrogens is 1770 g/mol. The van der Waals surface area contributed by atoms with E-state index in [-0.39, 0.29) is 28.2 Å². The zero-order valence-corrected chi connectivity index (χ0v) is 77.6. The second-order valence-corrected chi connectivity index (χ2v) is 36.5. The van der Waals surface area contributed by atoms with Gasteiger partial charge in [-0.3, -0.25) is 19.9 Å². The first-order valence-electron chi connectivity index (χ1n) is 46.6. The quantitative estimate of drug-likeness (QED) is 0.0246. The van der Waals surface area contributed by atoms with E-state index >= 15 is 0 Å². The van der Waals surface area contributed by atoms with E-state index in [0.717, 1.165) is 174 Å². The van der Waals surface area contributed by atoms with Gasteiger partial charge in [-0.25, -0.2) is 0 Å². The lowest BCUT2D eigenvalue weighted by Gasteiger charge is -2.23. The van der Waals surface area contributed by atoms with Gasteiger partial charge >= 0.3 is 24.7 Å². The van der Waals surface area contributed by atoms with Gasteiger partial charge in [0.15, 0.2) is 0 Å². The summed E-state index contributed by atoms with van der Waals surface area (Å²) in [6, 6.07) is 65.4. The lowest BCUT2D eigenvalue weighted by molar-refractivity contribution is -0.142. The molecule has 0 aliphatic heterocycles. The maximum atomic E-state index is 13.1. The number of fused-ring (bicyclic) bond motifs is 5. The molecule has 0 spiro atoms. The predicted molar refractivity (Wildman–Crippen MR) is 516 cm³/mol. The molecule has 13 nitrogen and oxygen atoms in total. The molecule has 19 rings (SSSR count). The molecule has 0 amide bonds. The van der Waals surface area contributed by atoms with E-state index in [9.17, 15) is 52.7 Å². The van der Waals surface area contributed by atoms with Crippen molar-refractivity contribution in [1.29, 1.82) is 0 Å². The number of hydrogen-bond donors (Lipinski definition) is 0. The average molecular weight is 1870 g/mol. The molecule has 0 radical (unpaired) electrons. The molecule has 10 aromatic heterocycles. The minimum absolute atomic E-state index is 0.0891. The van der Waals surface area contributed by atoms with Crippen molar-refractivity contribution in [1.82, 2.24) is 60.7 Å². The van der Waals surface area contributed by atoms with Gasteiger partial charge in [0.2, 0.25) is 0 Å². The van der Waals surface area contributed by atoms with Gasteiger partial charge in [-0.1, -0.05) is 277 Å². The Kier molecular flexibility index (Phi) is 29.1. The second kappa shape index (κ2) is 41.2. The number of benzene rings is 8. The molecule has 18 aromatic rings. The Morgan fingerprint density at radius 3 is 1.37 bits per heavy atom. The van der Waals surface area contributed by atoms with Gasteiger partial charge < -0.3 is 45.2 Å². The highest BCUT2D eigenvalue weighted by Gasteiger charge is 2.38. The van der Waals surface area contributed by atoms with Crippen molar-refractivity contribution >= 4 is 64.7 Å². The van der Waals surface area contributed by atoms with Crippen LogP contribution in [0.3, 0.4) is 0 Å². The molecule has 0 N–H and O–H groups in total. The highest BCUT2D eigenvalue weighted by molar-refractivity contribution is 7.22. The summed E-state index contributed by atoms with van der Waals surface area (Å²) in [4.78, 5) is 18.3. The summed E-state index contributed by atoms with van der Waals surface area (Å²) in [5.41, 5.74) is 14.4. The fourth-order valence-corrected chi connectivity index (χ4v) is 19.9. The van der Waals surface area contributed by atoms with Crippen LogP contribution in [-0.4, -0.2) is 40.3 Å². The fraction of sp³-hybridized carbons (Fsp3) is 0.309. The molecular formula is C110H102F12N12OS-4. The van der Waals surface area contributed by atoms with Crippen molar-refractivity contribution in [3.05, 3.63) is 287 Å². The Hall–Kier alpha value is -13.1. The average Bonchev–Trinajstić information content (AvgIpc) is 1.49. The Balaban J connectivity index is 0.000000132. The van der Waals surface area contributed by atoms with E-state index in [0.29, 0.717) is 34.6 Å². The number of thiophene rings is 1. The molecule has 0 saturated heterocycles. The number of aromatic nitrogens is 12. The molecule has 8 aromatic carbocycles. The zero-order chi connectivity index (χ0) is 95.8. The third-order valence-electron chi connectivity index (χ3n) is 25.9. The topological polar surface area (TPSA) is 173 Å². The van der Waals surface area contributed by atoms with E-state index in [1.165, 1.54) is 114 Å². The second-order valence-electron chi connectivity index (χ2n) is 35.5. The van der Waals surface area contributed by atoms with Gasteiger partial charge in [0.05, 0.1) is 11.4 Å². The summed E-state index contributed by atoms with van der Waals surface area (Å²) in [7, 11) is 0. The van der Waals surface area contributed by atoms with Crippen LogP contribution in [-0.2, 0) is 55.8 Å². The number of furan rings is 1. The van der Waals surface area contributed by atoms with Crippen LogP contribution in [0.5, 0.6) is 0 Å². The molecule has 0 saturated carbocycles. The van der Waals surface area contributed by atoms with Gasteiger partial charge in [-0.15, -0.1) is 11.3 Å². The SMILES string of the molecule is CCCCC(CC)Cc1c(-c2ccnc(-c3cc(C(F)(F)F)n[n-]3)c2)oc2ccccc12.CCCCC(CC)Cc1c(-c2ccnc(-c3cc(C(F)(F)F)n[n-]3)c2)sc2ccccc12.CCCCCCc1cc2ccc3cccc4ccc(c1-c1ccnc(-c5cc(C(F)(F)F)n[n-]5)c1)c2c34.CCCCCc1cc2c(cc1-c1ccnc(-c3cc(C(F)(F)F)n[n-]3)c1)C(C)(C)c1ccccc1-2.